The van der Waals surface area contributed by atoms with Crippen molar-refractivity contribution in [3.8, 4) is 11.3 Å². The highest BCUT2D eigenvalue weighted by Crippen LogP contribution is 2.33. The summed E-state index contributed by atoms with van der Waals surface area (Å²) in [5, 5.41) is 1.52. The van der Waals surface area contributed by atoms with E-state index in [2.05, 4.69) is 36.7 Å². The van der Waals surface area contributed by atoms with Crippen LogP contribution < -0.4 is 4.90 Å². The monoisotopic (exact) mass is 518 g/mol. The van der Waals surface area contributed by atoms with Crippen molar-refractivity contribution >= 4 is 45.5 Å². The summed E-state index contributed by atoms with van der Waals surface area (Å²) < 4.78 is 20.6. The Bertz CT molecular complexity index is 1410. The summed E-state index contributed by atoms with van der Waals surface area (Å²) in [6.45, 7) is 6.16. The normalized spacial score (nSPS) is 20.2. The molecule has 3 aliphatic heterocycles. The lowest BCUT2D eigenvalue weighted by Crippen LogP contribution is -2.44. The number of hydrogen-bond donors (Lipinski definition) is 0. The van der Waals surface area contributed by atoms with E-state index in [9.17, 15) is 4.79 Å². The van der Waals surface area contributed by atoms with Gasteiger partial charge in [0.15, 0.2) is 5.17 Å². The first kappa shape index (κ1) is 24.0. The van der Waals surface area contributed by atoms with Gasteiger partial charge in [-0.05, 0) is 54.7 Å². The molecule has 1 amide bonds. The third-order valence-electron chi connectivity index (χ3n) is 6.91. The largest absolute Gasteiger partial charge is 0.378 e. The van der Waals surface area contributed by atoms with Crippen LogP contribution in [0.2, 0.25) is 0 Å². The predicted octanol–water partition coefficient (Wildman–Crippen LogP) is 3.49. The quantitative estimate of drug-likeness (QED) is 0.488. The Kier molecular flexibility index (Phi) is 6.62. The number of aliphatic imine (C=N–C) groups is 1. The Morgan fingerprint density at radius 3 is 2.57 bits per heavy atom. The van der Waals surface area contributed by atoms with E-state index in [0.717, 1.165) is 60.9 Å². The second kappa shape index (κ2) is 10.2. The minimum atomic E-state index is -0.257. The first-order valence-electron chi connectivity index (χ1n) is 12.4. The number of hydrogen-bond acceptors (Lipinski definition) is 8. The zero-order valence-corrected chi connectivity index (χ0v) is 21.4. The molecule has 0 unspecified atom stereocenters. The Morgan fingerprint density at radius 2 is 1.78 bits per heavy atom. The van der Waals surface area contributed by atoms with Crippen LogP contribution >= 0.6 is 11.8 Å². The second-order valence-corrected chi connectivity index (χ2v) is 10.4. The molecule has 10 heteroatoms. The smallest absolute Gasteiger partial charge is 0.286 e. The molecule has 0 bridgehead atoms. The number of nitrogens with zero attached hydrogens (tertiary/aromatic N) is 6. The van der Waals surface area contributed by atoms with Crippen LogP contribution in [-0.4, -0.2) is 90.4 Å². The second-order valence-electron chi connectivity index (χ2n) is 9.36. The van der Waals surface area contributed by atoms with Gasteiger partial charge in [-0.1, -0.05) is 12.1 Å². The molecule has 4 heterocycles. The molecule has 6 rings (SSSR count). The topological polar surface area (TPSA) is 74.2 Å². The van der Waals surface area contributed by atoms with Crippen LogP contribution in [0.5, 0.6) is 0 Å². The van der Waals surface area contributed by atoms with Crippen molar-refractivity contribution in [1.82, 2.24) is 19.8 Å². The highest BCUT2D eigenvalue weighted by molar-refractivity contribution is 8.18. The number of morpholine rings is 1. The Balaban J connectivity index is 1.28. The minimum absolute atomic E-state index is 0.238. The summed E-state index contributed by atoms with van der Waals surface area (Å²) in [7, 11) is 2.08. The standard InChI is InChI=1S/C27H27FN6O2S/c1-32-6-8-33(9-7-32)23-5-3-19(16-21(23)28)25-20-14-18(2-4-22(20)29-17-30-25)15-24-26(35)31-27(37-24)34-10-12-36-13-11-34/h2-5,14-17H,6-13H2,1H3/b24-15-. The van der Waals surface area contributed by atoms with E-state index < -0.39 is 0 Å². The molecule has 0 spiro atoms. The van der Waals surface area contributed by atoms with Crippen LogP contribution in [0.4, 0.5) is 10.1 Å². The molecule has 1 aromatic heterocycles. The molecule has 0 saturated carbocycles. The molecule has 0 radical (unpaired) electrons. The summed E-state index contributed by atoms with van der Waals surface area (Å²) in [4.78, 5) is 32.7. The van der Waals surface area contributed by atoms with Crippen molar-refractivity contribution in [2.45, 2.75) is 0 Å². The van der Waals surface area contributed by atoms with E-state index >= 15 is 4.39 Å². The first-order valence-corrected chi connectivity index (χ1v) is 13.2. The van der Waals surface area contributed by atoms with Crippen LogP contribution in [0.1, 0.15) is 5.56 Å². The van der Waals surface area contributed by atoms with Crippen molar-refractivity contribution in [3.63, 3.8) is 0 Å². The van der Waals surface area contributed by atoms with Gasteiger partial charge in [-0.3, -0.25) is 4.79 Å². The number of halogens is 1. The highest BCUT2D eigenvalue weighted by atomic mass is 32.2. The van der Waals surface area contributed by atoms with Crippen LogP contribution in [0.15, 0.2) is 52.6 Å². The van der Waals surface area contributed by atoms with E-state index in [0.29, 0.717) is 35.1 Å². The number of rotatable bonds is 3. The fraction of sp³-hybridized carbons (Fsp3) is 0.333. The number of anilines is 1. The van der Waals surface area contributed by atoms with E-state index in [1.165, 1.54) is 18.1 Å². The number of aromatic nitrogens is 2. The fourth-order valence-electron chi connectivity index (χ4n) is 4.79. The van der Waals surface area contributed by atoms with Gasteiger partial charge in [-0.2, -0.15) is 4.99 Å². The lowest BCUT2D eigenvalue weighted by Gasteiger charge is -2.34. The van der Waals surface area contributed by atoms with Gasteiger partial charge in [0.25, 0.3) is 5.91 Å². The Hall–Kier alpha value is -3.34. The van der Waals surface area contributed by atoms with Gasteiger partial charge in [0.05, 0.1) is 35.0 Å². The van der Waals surface area contributed by atoms with Crippen molar-refractivity contribution < 1.29 is 13.9 Å². The summed E-state index contributed by atoms with van der Waals surface area (Å²) in [6.07, 6.45) is 3.35. The Labute approximate surface area is 218 Å². The average molecular weight is 519 g/mol. The molecule has 190 valence electrons. The molecule has 2 fully saturated rings. The zero-order valence-electron chi connectivity index (χ0n) is 20.6. The van der Waals surface area contributed by atoms with Crippen LogP contribution in [0, 0.1) is 5.82 Å². The number of amidine groups is 1. The summed E-state index contributed by atoms with van der Waals surface area (Å²) in [5.41, 5.74) is 3.56. The number of likely N-dealkylation sites (N-methyl/N-ethyl adjacent to an activating group) is 1. The van der Waals surface area contributed by atoms with Gasteiger partial charge in [0.1, 0.15) is 12.1 Å². The maximum atomic E-state index is 15.2. The average Bonchev–Trinajstić information content (AvgIpc) is 3.29. The lowest BCUT2D eigenvalue weighted by atomic mass is 10.0. The van der Waals surface area contributed by atoms with E-state index in [1.807, 2.05) is 36.4 Å². The maximum Gasteiger partial charge on any atom is 0.286 e. The highest BCUT2D eigenvalue weighted by Gasteiger charge is 2.27. The minimum Gasteiger partial charge on any atom is -0.378 e. The van der Waals surface area contributed by atoms with Crippen LogP contribution in [0.3, 0.4) is 0 Å². The third kappa shape index (κ3) is 4.96. The predicted molar refractivity (Wildman–Crippen MR) is 145 cm³/mol. The summed E-state index contributed by atoms with van der Waals surface area (Å²) >= 11 is 1.39. The molecule has 37 heavy (non-hydrogen) atoms. The molecule has 2 aromatic carbocycles. The van der Waals surface area contributed by atoms with Gasteiger partial charge in [-0.15, -0.1) is 0 Å². The molecule has 0 aliphatic carbocycles. The molecular formula is C27H27FN6O2S. The maximum absolute atomic E-state index is 15.2. The molecule has 2 saturated heterocycles. The van der Waals surface area contributed by atoms with Crippen molar-refractivity contribution in [2.75, 3.05) is 64.4 Å². The molecule has 3 aliphatic rings. The van der Waals surface area contributed by atoms with Gasteiger partial charge < -0.3 is 19.4 Å². The Morgan fingerprint density at radius 1 is 0.973 bits per heavy atom. The molecule has 0 N–H and O–H groups in total. The number of amides is 1. The number of fused-ring (bicyclic) bond motifs is 1. The van der Waals surface area contributed by atoms with Crippen molar-refractivity contribution in [2.24, 2.45) is 4.99 Å². The van der Waals surface area contributed by atoms with Gasteiger partial charge in [0.2, 0.25) is 0 Å². The fourth-order valence-corrected chi connectivity index (χ4v) is 5.76. The molecule has 0 atom stereocenters. The van der Waals surface area contributed by atoms with Crippen molar-refractivity contribution in [3.05, 3.63) is 59.0 Å². The number of ether oxygens (including phenoxy) is 1. The van der Waals surface area contributed by atoms with Crippen LogP contribution in [-0.2, 0) is 9.53 Å². The van der Waals surface area contributed by atoms with Gasteiger partial charge in [-0.25, -0.2) is 14.4 Å². The molecule has 3 aromatic rings. The SMILES string of the molecule is CN1CCN(c2ccc(-c3ncnc4ccc(/C=C5\SC(N6CCOCC6)=NC5=O)cc34)cc2F)CC1. The lowest BCUT2D eigenvalue weighted by molar-refractivity contribution is -0.113. The van der Waals surface area contributed by atoms with E-state index in [4.69, 9.17) is 4.74 Å². The summed E-state index contributed by atoms with van der Waals surface area (Å²) in [5.74, 6) is -0.495. The number of piperazine rings is 1. The first-order chi connectivity index (χ1) is 18.0. The number of benzene rings is 2. The number of carbonyl (C=O) groups is 1. The van der Waals surface area contributed by atoms with Gasteiger partial charge >= 0.3 is 0 Å². The number of carbonyl (C=O) groups excluding carboxylic acids is 1. The van der Waals surface area contributed by atoms with E-state index in [-0.39, 0.29) is 11.7 Å². The van der Waals surface area contributed by atoms with E-state index in [1.54, 1.807) is 6.07 Å². The molecule has 8 nitrogen and oxygen atoms in total. The zero-order chi connectivity index (χ0) is 25.4. The van der Waals surface area contributed by atoms with Crippen molar-refractivity contribution in [1.29, 1.82) is 0 Å². The number of thioether (sulfide) groups is 1. The third-order valence-corrected chi connectivity index (χ3v) is 7.96. The van der Waals surface area contributed by atoms with Gasteiger partial charge in [0, 0.05) is 50.2 Å². The summed E-state index contributed by atoms with van der Waals surface area (Å²) in [6, 6.07) is 11.1. The molecular weight excluding hydrogens is 491 g/mol. The van der Waals surface area contributed by atoms with Crippen LogP contribution in [0.25, 0.3) is 28.2 Å².